The van der Waals surface area contributed by atoms with E-state index in [1.54, 1.807) is 6.20 Å². The van der Waals surface area contributed by atoms with Gasteiger partial charge in [-0.2, -0.15) is 5.10 Å². The molecule has 0 saturated heterocycles. The van der Waals surface area contributed by atoms with Crippen LogP contribution in [0.4, 0.5) is 0 Å². The molecule has 0 atom stereocenters. The summed E-state index contributed by atoms with van der Waals surface area (Å²) in [7, 11) is -3.06. The third-order valence-corrected chi connectivity index (χ3v) is 4.39. The third-order valence-electron chi connectivity index (χ3n) is 3.47. The molecule has 0 bridgehead atoms. The molecule has 0 aliphatic carbocycles. The van der Waals surface area contributed by atoms with E-state index in [-0.39, 0.29) is 12.3 Å². The van der Waals surface area contributed by atoms with E-state index in [0.29, 0.717) is 11.3 Å². The van der Waals surface area contributed by atoms with Crippen molar-refractivity contribution in [3.63, 3.8) is 0 Å². The van der Waals surface area contributed by atoms with Gasteiger partial charge in [0, 0.05) is 18.0 Å². The van der Waals surface area contributed by atoms with Gasteiger partial charge in [-0.05, 0) is 25.0 Å². The number of rotatable bonds is 5. The Morgan fingerprint density at radius 3 is 2.62 bits per heavy atom. The number of benzene rings is 1. The zero-order valence-corrected chi connectivity index (χ0v) is 13.1. The van der Waals surface area contributed by atoms with Gasteiger partial charge in [-0.1, -0.05) is 18.2 Å². The molecule has 2 aromatic rings. The van der Waals surface area contributed by atoms with Crippen LogP contribution in [0.3, 0.4) is 0 Å². The predicted octanol–water partition coefficient (Wildman–Crippen LogP) is 2.02. The first-order valence-electron chi connectivity index (χ1n) is 6.59. The normalized spacial score (nSPS) is 11.6. The number of hydrogen-bond donors (Lipinski definition) is 0. The van der Waals surface area contributed by atoms with Crippen LogP contribution in [-0.4, -0.2) is 36.5 Å². The lowest BCUT2D eigenvalue weighted by molar-refractivity contribution is 0.112. The van der Waals surface area contributed by atoms with E-state index in [0.717, 1.165) is 23.0 Å². The van der Waals surface area contributed by atoms with Crippen molar-refractivity contribution < 1.29 is 13.2 Å². The molecule has 6 heteroatoms. The molecule has 0 aliphatic heterocycles. The van der Waals surface area contributed by atoms with E-state index in [4.69, 9.17) is 0 Å². The minimum atomic E-state index is -3.06. The minimum Gasteiger partial charge on any atom is -0.298 e. The van der Waals surface area contributed by atoms with Crippen molar-refractivity contribution in [2.24, 2.45) is 0 Å². The second-order valence-electron chi connectivity index (χ2n) is 5.19. The van der Waals surface area contributed by atoms with Crippen molar-refractivity contribution in [1.82, 2.24) is 9.78 Å². The molecule has 5 nitrogen and oxygen atoms in total. The van der Waals surface area contributed by atoms with Gasteiger partial charge in [0.1, 0.15) is 15.5 Å². The van der Waals surface area contributed by atoms with Crippen LogP contribution in [0.25, 0.3) is 11.3 Å². The molecule has 0 aliphatic rings. The first kappa shape index (κ1) is 15.4. The molecular weight excluding hydrogens is 288 g/mol. The minimum absolute atomic E-state index is 0.000777. The van der Waals surface area contributed by atoms with Crippen LogP contribution in [0.15, 0.2) is 24.4 Å². The number of sulfone groups is 1. The van der Waals surface area contributed by atoms with Crippen molar-refractivity contribution >= 4 is 16.1 Å². The summed E-state index contributed by atoms with van der Waals surface area (Å²) in [5, 5.41) is 4.38. The number of nitrogens with zero attached hydrogens (tertiary/aromatic N) is 2. The fourth-order valence-electron chi connectivity index (χ4n) is 2.11. The number of aldehydes is 1. The maximum atomic E-state index is 11.2. The van der Waals surface area contributed by atoms with Gasteiger partial charge in [-0.25, -0.2) is 8.42 Å². The van der Waals surface area contributed by atoms with Crippen LogP contribution < -0.4 is 0 Å². The number of aromatic nitrogens is 2. The zero-order valence-electron chi connectivity index (χ0n) is 12.3. The van der Waals surface area contributed by atoms with Gasteiger partial charge >= 0.3 is 0 Å². The lowest BCUT2D eigenvalue weighted by atomic mass is 9.99. The lowest BCUT2D eigenvalue weighted by Crippen LogP contribution is -2.11. The summed E-state index contributed by atoms with van der Waals surface area (Å²) in [6, 6.07) is 5.83. The van der Waals surface area contributed by atoms with Crippen LogP contribution in [0.5, 0.6) is 0 Å². The van der Waals surface area contributed by atoms with Gasteiger partial charge in [0.25, 0.3) is 0 Å². The Morgan fingerprint density at radius 1 is 1.29 bits per heavy atom. The quantitative estimate of drug-likeness (QED) is 0.793. The molecule has 0 fully saturated rings. The van der Waals surface area contributed by atoms with E-state index in [1.807, 2.05) is 32.0 Å². The van der Waals surface area contributed by atoms with Crippen molar-refractivity contribution in [2.75, 3.05) is 12.0 Å². The average molecular weight is 306 g/mol. The summed E-state index contributed by atoms with van der Waals surface area (Å²) in [4.78, 5) is 11.2. The van der Waals surface area contributed by atoms with E-state index in [2.05, 4.69) is 5.10 Å². The van der Waals surface area contributed by atoms with Crippen molar-refractivity contribution in [3.05, 3.63) is 41.1 Å². The Kier molecular flexibility index (Phi) is 4.27. The first-order valence-corrected chi connectivity index (χ1v) is 8.65. The van der Waals surface area contributed by atoms with E-state index < -0.39 is 9.84 Å². The Balaban J connectivity index is 2.42. The standard InChI is InChI=1S/C15H18N2O3S/c1-11-5-4-6-14(12(11)2)15-13(10-18)9-17(16-15)7-8-21(3,19)20/h4-6,9-10H,7-8H2,1-3H3. The highest BCUT2D eigenvalue weighted by Crippen LogP contribution is 2.26. The van der Waals surface area contributed by atoms with Gasteiger partial charge in [0.2, 0.25) is 0 Å². The number of hydrogen-bond acceptors (Lipinski definition) is 4. The molecule has 0 spiro atoms. The van der Waals surface area contributed by atoms with E-state index >= 15 is 0 Å². The molecule has 2 rings (SSSR count). The first-order chi connectivity index (χ1) is 9.81. The highest BCUT2D eigenvalue weighted by Gasteiger charge is 2.14. The maximum Gasteiger partial charge on any atom is 0.153 e. The Bertz CT molecular complexity index is 776. The molecule has 0 amide bonds. The summed E-state index contributed by atoms with van der Waals surface area (Å²) in [6.45, 7) is 4.22. The third kappa shape index (κ3) is 3.58. The fraction of sp³-hybridized carbons (Fsp3) is 0.333. The van der Waals surface area contributed by atoms with Crippen LogP contribution >= 0.6 is 0 Å². The van der Waals surface area contributed by atoms with Gasteiger partial charge in [0.05, 0.1) is 17.9 Å². The SMILES string of the molecule is Cc1cccc(-c2nn(CCS(C)(=O)=O)cc2C=O)c1C. The number of carbonyl (C=O) groups excluding carboxylic acids is 1. The Labute approximate surface area is 124 Å². The molecule has 0 unspecified atom stereocenters. The van der Waals surface area contributed by atoms with Crippen molar-refractivity contribution in [1.29, 1.82) is 0 Å². The molecule has 0 N–H and O–H groups in total. The Morgan fingerprint density at radius 2 is 2.00 bits per heavy atom. The molecule has 0 radical (unpaired) electrons. The molecular formula is C15H18N2O3S. The van der Waals surface area contributed by atoms with E-state index in [1.165, 1.54) is 10.9 Å². The maximum absolute atomic E-state index is 11.2. The lowest BCUT2D eigenvalue weighted by Gasteiger charge is -2.06. The summed E-state index contributed by atoms with van der Waals surface area (Å²) < 4.78 is 24.0. The molecule has 1 aromatic heterocycles. The number of carbonyl (C=O) groups is 1. The van der Waals surface area contributed by atoms with Crippen molar-refractivity contribution in [3.8, 4) is 11.3 Å². The van der Waals surface area contributed by atoms with Gasteiger partial charge < -0.3 is 0 Å². The summed E-state index contributed by atoms with van der Waals surface area (Å²) in [6.07, 6.45) is 3.53. The van der Waals surface area contributed by atoms with Crippen LogP contribution in [0.1, 0.15) is 21.5 Å². The highest BCUT2D eigenvalue weighted by molar-refractivity contribution is 7.90. The average Bonchev–Trinajstić information content (AvgIpc) is 2.82. The monoisotopic (exact) mass is 306 g/mol. The van der Waals surface area contributed by atoms with Gasteiger partial charge in [-0.3, -0.25) is 9.48 Å². The fourth-order valence-corrected chi connectivity index (χ4v) is 2.63. The van der Waals surface area contributed by atoms with Gasteiger partial charge in [0.15, 0.2) is 6.29 Å². The topological polar surface area (TPSA) is 69.0 Å². The highest BCUT2D eigenvalue weighted by atomic mass is 32.2. The van der Waals surface area contributed by atoms with Gasteiger partial charge in [-0.15, -0.1) is 0 Å². The molecule has 1 heterocycles. The molecule has 112 valence electrons. The van der Waals surface area contributed by atoms with Crippen LogP contribution in [-0.2, 0) is 16.4 Å². The molecule has 21 heavy (non-hydrogen) atoms. The summed E-state index contributed by atoms with van der Waals surface area (Å²) >= 11 is 0. The Hall–Kier alpha value is -1.95. The zero-order chi connectivity index (χ0) is 15.6. The summed E-state index contributed by atoms with van der Waals surface area (Å²) in [5.41, 5.74) is 4.15. The predicted molar refractivity (Wildman–Crippen MR) is 82.2 cm³/mol. The van der Waals surface area contributed by atoms with Crippen molar-refractivity contribution in [2.45, 2.75) is 20.4 Å². The smallest absolute Gasteiger partial charge is 0.153 e. The molecule has 1 aromatic carbocycles. The largest absolute Gasteiger partial charge is 0.298 e. The molecule has 0 saturated carbocycles. The second-order valence-corrected chi connectivity index (χ2v) is 7.45. The van der Waals surface area contributed by atoms with Crippen LogP contribution in [0, 0.1) is 13.8 Å². The van der Waals surface area contributed by atoms with E-state index in [9.17, 15) is 13.2 Å². The van der Waals surface area contributed by atoms with Crippen LogP contribution in [0.2, 0.25) is 0 Å². The number of aryl methyl sites for hydroxylation is 2. The summed E-state index contributed by atoms with van der Waals surface area (Å²) in [5.74, 6) is -0.000777. The second kappa shape index (κ2) is 5.81.